The molecule has 3 nitrogen and oxygen atoms in total. The van der Waals surface area contributed by atoms with Gasteiger partial charge in [-0.2, -0.15) is 0 Å². The molecule has 0 fully saturated rings. The van der Waals surface area contributed by atoms with Gasteiger partial charge in [0.05, 0.1) is 24.4 Å². The molecule has 0 aromatic heterocycles. The van der Waals surface area contributed by atoms with E-state index in [0.29, 0.717) is 17.4 Å². The van der Waals surface area contributed by atoms with E-state index in [1.54, 1.807) is 0 Å². The monoisotopic (exact) mass is 355 g/mol. The number of hydrogen-bond acceptors (Lipinski definition) is 3. The molecule has 1 aliphatic heterocycles. The second-order valence-electron chi connectivity index (χ2n) is 7.31. The van der Waals surface area contributed by atoms with Crippen LogP contribution in [0.5, 0.6) is 0 Å². The number of methoxy groups -OCH3 is 1. The molecule has 3 aromatic carbocycles. The molecule has 0 bridgehead atoms. The van der Waals surface area contributed by atoms with Crippen LogP contribution in [0.1, 0.15) is 39.9 Å². The van der Waals surface area contributed by atoms with Crippen LogP contribution in [0.4, 0.5) is 5.69 Å². The first-order valence-electron chi connectivity index (χ1n) is 9.40. The fourth-order valence-corrected chi connectivity index (χ4v) is 4.73. The van der Waals surface area contributed by atoms with Gasteiger partial charge in [-0.1, -0.05) is 66.7 Å². The Hall–Kier alpha value is -3.07. The lowest BCUT2D eigenvalue weighted by molar-refractivity contribution is 0.0601. The first kappa shape index (κ1) is 16.1. The van der Waals surface area contributed by atoms with E-state index >= 15 is 0 Å². The normalized spacial score (nSPS) is 22.8. The van der Waals surface area contributed by atoms with Crippen molar-refractivity contribution in [2.24, 2.45) is 5.92 Å². The molecule has 0 unspecified atom stereocenters. The molecule has 0 saturated carbocycles. The van der Waals surface area contributed by atoms with Gasteiger partial charge in [0.2, 0.25) is 0 Å². The highest BCUT2D eigenvalue weighted by Gasteiger charge is 2.39. The van der Waals surface area contributed by atoms with Crippen LogP contribution in [0.2, 0.25) is 0 Å². The van der Waals surface area contributed by atoms with E-state index in [1.807, 2.05) is 12.1 Å². The lowest BCUT2D eigenvalue weighted by atomic mass is 9.75. The molecule has 2 aliphatic rings. The van der Waals surface area contributed by atoms with Crippen LogP contribution in [0.25, 0.3) is 10.8 Å². The number of carbonyl (C=O) groups is 1. The van der Waals surface area contributed by atoms with Crippen LogP contribution in [0.3, 0.4) is 0 Å². The number of carbonyl (C=O) groups excluding carboxylic acids is 1. The van der Waals surface area contributed by atoms with E-state index in [-0.39, 0.29) is 12.0 Å². The van der Waals surface area contributed by atoms with Crippen molar-refractivity contribution in [2.75, 3.05) is 12.4 Å². The Morgan fingerprint density at radius 3 is 2.67 bits per heavy atom. The van der Waals surface area contributed by atoms with Crippen LogP contribution in [0, 0.1) is 5.92 Å². The second-order valence-corrected chi connectivity index (χ2v) is 7.31. The van der Waals surface area contributed by atoms with Gasteiger partial charge in [-0.05, 0) is 40.3 Å². The lowest BCUT2D eigenvalue weighted by Crippen LogP contribution is -2.30. The average Bonchev–Trinajstić information content (AvgIpc) is 3.22. The molecule has 1 aliphatic carbocycles. The Balaban J connectivity index is 1.69. The van der Waals surface area contributed by atoms with Crippen molar-refractivity contribution in [1.29, 1.82) is 0 Å². The molecule has 3 heteroatoms. The number of para-hydroxylation sites is 1. The highest BCUT2D eigenvalue weighted by molar-refractivity contribution is 5.97. The van der Waals surface area contributed by atoms with Crippen molar-refractivity contribution in [1.82, 2.24) is 0 Å². The minimum absolute atomic E-state index is 0.148. The van der Waals surface area contributed by atoms with E-state index < -0.39 is 0 Å². The predicted octanol–water partition coefficient (Wildman–Crippen LogP) is 5.45. The standard InChI is InChI=1S/C24H21NO2/c1-27-24(26)21-14-6-13-20-17-10-5-12-19(17)22(25-23(20)21)18-11-4-8-15-7-2-3-9-16(15)18/h2-11,13-14,17,19,22,25H,12H2,1H3/t17-,19+,22+/m1/s1. The van der Waals surface area contributed by atoms with Crippen molar-refractivity contribution >= 4 is 22.4 Å². The lowest BCUT2D eigenvalue weighted by Gasteiger charge is -2.38. The van der Waals surface area contributed by atoms with E-state index in [2.05, 4.69) is 66.0 Å². The number of allylic oxidation sites excluding steroid dienone is 2. The topological polar surface area (TPSA) is 38.3 Å². The summed E-state index contributed by atoms with van der Waals surface area (Å²) in [5.74, 6) is 0.461. The molecule has 27 heavy (non-hydrogen) atoms. The predicted molar refractivity (Wildman–Crippen MR) is 108 cm³/mol. The molecule has 134 valence electrons. The minimum Gasteiger partial charge on any atom is -0.465 e. The first-order chi connectivity index (χ1) is 13.3. The quantitative estimate of drug-likeness (QED) is 0.490. The third-order valence-electron chi connectivity index (χ3n) is 5.96. The maximum Gasteiger partial charge on any atom is 0.339 e. The fourth-order valence-electron chi connectivity index (χ4n) is 4.73. The molecule has 0 radical (unpaired) electrons. The summed E-state index contributed by atoms with van der Waals surface area (Å²) in [6.07, 6.45) is 5.60. The molecule has 3 aromatic rings. The summed E-state index contributed by atoms with van der Waals surface area (Å²) in [7, 11) is 1.44. The first-order valence-corrected chi connectivity index (χ1v) is 9.40. The fraction of sp³-hybridized carbons (Fsp3) is 0.208. The molecule has 3 atom stereocenters. The van der Waals surface area contributed by atoms with Gasteiger partial charge in [-0.15, -0.1) is 0 Å². The second kappa shape index (κ2) is 6.27. The Morgan fingerprint density at radius 2 is 1.78 bits per heavy atom. The van der Waals surface area contributed by atoms with Crippen LogP contribution in [-0.4, -0.2) is 13.1 Å². The van der Waals surface area contributed by atoms with Gasteiger partial charge in [0.25, 0.3) is 0 Å². The molecule has 0 amide bonds. The summed E-state index contributed by atoms with van der Waals surface area (Å²) in [6, 6.07) is 21.1. The highest BCUT2D eigenvalue weighted by atomic mass is 16.5. The van der Waals surface area contributed by atoms with Gasteiger partial charge in [0.1, 0.15) is 0 Å². The summed E-state index contributed by atoms with van der Waals surface area (Å²) >= 11 is 0. The zero-order valence-corrected chi connectivity index (χ0v) is 15.2. The molecule has 5 rings (SSSR count). The third kappa shape index (κ3) is 2.46. The van der Waals surface area contributed by atoms with E-state index in [9.17, 15) is 4.79 Å². The van der Waals surface area contributed by atoms with Crippen LogP contribution < -0.4 is 5.32 Å². The number of fused-ring (bicyclic) bond motifs is 4. The average molecular weight is 355 g/mol. The largest absolute Gasteiger partial charge is 0.465 e. The summed E-state index contributed by atoms with van der Waals surface area (Å²) < 4.78 is 5.03. The van der Waals surface area contributed by atoms with Gasteiger partial charge in [-0.25, -0.2) is 4.79 Å². The maximum absolute atomic E-state index is 12.4. The Kier molecular flexibility index (Phi) is 3.75. The van der Waals surface area contributed by atoms with E-state index in [4.69, 9.17) is 4.74 Å². The number of benzene rings is 3. The molecule has 1 heterocycles. The number of esters is 1. The minimum atomic E-state index is -0.295. The van der Waals surface area contributed by atoms with Crippen LogP contribution in [-0.2, 0) is 4.74 Å². The van der Waals surface area contributed by atoms with Gasteiger partial charge in [0, 0.05) is 5.92 Å². The molecular formula is C24H21NO2. The third-order valence-corrected chi connectivity index (χ3v) is 5.96. The Morgan fingerprint density at radius 1 is 1.00 bits per heavy atom. The van der Waals surface area contributed by atoms with Gasteiger partial charge < -0.3 is 10.1 Å². The molecular weight excluding hydrogens is 334 g/mol. The van der Waals surface area contributed by atoms with Crippen molar-refractivity contribution < 1.29 is 9.53 Å². The molecule has 0 saturated heterocycles. The zero-order chi connectivity index (χ0) is 18.4. The Bertz CT molecular complexity index is 1060. The summed E-state index contributed by atoms with van der Waals surface area (Å²) in [4.78, 5) is 12.4. The smallest absolute Gasteiger partial charge is 0.339 e. The molecule has 1 N–H and O–H groups in total. The van der Waals surface area contributed by atoms with E-state index in [1.165, 1.54) is 29.0 Å². The highest BCUT2D eigenvalue weighted by Crippen LogP contribution is 2.51. The number of ether oxygens (including phenoxy) is 1. The van der Waals surface area contributed by atoms with E-state index in [0.717, 1.165) is 12.1 Å². The van der Waals surface area contributed by atoms with Crippen molar-refractivity contribution in [3.63, 3.8) is 0 Å². The van der Waals surface area contributed by atoms with Crippen molar-refractivity contribution in [3.05, 3.63) is 89.5 Å². The molecule has 0 spiro atoms. The van der Waals surface area contributed by atoms with Crippen molar-refractivity contribution in [2.45, 2.75) is 18.4 Å². The van der Waals surface area contributed by atoms with Gasteiger partial charge in [0.15, 0.2) is 0 Å². The van der Waals surface area contributed by atoms with Crippen LogP contribution >= 0.6 is 0 Å². The SMILES string of the molecule is COC(=O)c1cccc2c1N[C@@H](c1cccc3ccccc13)[C@H]1CC=C[C@@H]21. The summed E-state index contributed by atoms with van der Waals surface area (Å²) in [5.41, 5.74) is 4.00. The summed E-state index contributed by atoms with van der Waals surface area (Å²) in [5, 5.41) is 6.23. The Labute approximate surface area is 158 Å². The number of hydrogen-bond donors (Lipinski definition) is 1. The zero-order valence-electron chi connectivity index (χ0n) is 15.2. The summed E-state index contributed by atoms with van der Waals surface area (Å²) in [6.45, 7) is 0. The van der Waals surface area contributed by atoms with Crippen molar-refractivity contribution in [3.8, 4) is 0 Å². The maximum atomic E-state index is 12.4. The number of anilines is 1. The van der Waals surface area contributed by atoms with Gasteiger partial charge in [-0.3, -0.25) is 0 Å². The van der Waals surface area contributed by atoms with Gasteiger partial charge >= 0.3 is 5.97 Å². The van der Waals surface area contributed by atoms with Crippen LogP contribution in [0.15, 0.2) is 72.8 Å². The number of rotatable bonds is 2. The number of nitrogens with one attached hydrogen (secondary N) is 1.